The fourth-order valence-electron chi connectivity index (χ4n) is 4.35. The molecule has 5 nitrogen and oxygen atoms in total. The molecule has 0 spiro atoms. The minimum Gasteiger partial charge on any atom is -0.406 e. The third-order valence-electron chi connectivity index (χ3n) is 6.44. The lowest BCUT2D eigenvalue weighted by Gasteiger charge is -2.43. The molecule has 1 N–H and O–H groups in total. The van der Waals surface area contributed by atoms with Crippen molar-refractivity contribution in [2.75, 3.05) is 5.32 Å². The number of ether oxygens (including phenoxy) is 1. The molecule has 12 heteroatoms. The van der Waals surface area contributed by atoms with E-state index in [0.29, 0.717) is 17.7 Å². The van der Waals surface area contributed by atoms with Crippen LogP contribution in [0.15, 0.2) is 24.3 Å². The summed E-state index contributed by atoms with van der Waals surface area (Å²) < 4.78 is 95.8. The van der Waals surface area contributed by atoms with E-state index in [-0.39, 0.29) is 17.5 Å². The van der Waals surface area contributed by atoms with Crippen LogP contribution in [-0.4, -0.2) is 33.9 Å². The van der Waals surface area contributed by atoms with Crippen molar-refractivity contribution in [1.82, 2.24) is 9.78 Å². The Morgan fingerprint density at radius 2 is 1.82 bits per heavy atom. The van der Waals surface area contributed by atoms with E-state index in [4.69, 9.17) is 0 Å². The Morgan fingerprint density at radius 1 is 1.18 bits per heavy atom. The molecular formula is C22H22F7N3O2. The van der Waals surface area contributed by atoms with Gasteiger partial charge in [-0.2, -0.15) is 22.7 Å². The predicted octanol–water partition coefficient (Wildman–Crippen LogP) is 5.80. The molecule has 0 aliphatic heterocycles. The molecule has 34 heavy (non-hydrogen) atoms. The van der Waals surface area contributed by atoms with Crippen LogP contribution in [0, 0.1) is 5.92 Å². The van der Waals surface area contributed by atoms with Gasteiger partial charge in [-0.25, -0.2) is 0 Å². The summed E-state index contributed by atoms with van der Waals surface area (Å²) in [5, 5.41) is 6.82. The van der Waals surface area contributed by atoms with Crippen molar-refractivity contribution in [3.05, 3.63) is 41.1 Å². The minimum atomic E-state index is -4.80. The van der Waals surface area contributed by atoms with E-state index < -0.39 is 42.9 Å². The van der Waals surface area contributed by atoms with Gasteiger partial charge < -0.3 is 10.1 Å². The molecule has 1 atom stereocenters. The van der Waals surface area contributed by atoms with E-state index >= 15 is 0 Å². The highest BCUT2D eigenvalue weighted by molar-refractivity contribution is 5.91. The lowest BCUT2D eigenvalue weighted by Crippen LogP contribution is -2.59. The van der Waals surface area contributed by atoms with Crippen molar-refractivity contribution in [1.29, 1.82) is 0 Å². The molecule has 1 heterocycles. The van der Waals surface area contributed by atoms with Crippen molar-refractivity contribution < 1.29 is 40.3 Å². The number of aromatic nitrogens is 2. The van der Waals surface area contributed by atoms with Gasteiger partial charge >= 0.3 is 18.2 Å². The molecule has 1 amide bonds. The fourth-order valence-corrected chi connectivity index (χ4v) is 4.35. The van der Waals surface area contributed by atoms with Crippen LogP contribution in [0.4, 0.5) is 36.6 Å². The van der Waals surface area contributed by atoms with E-state index in [2.05, 4.69) is 15.2 Å². The maximum absolute atomic E-state index is 13.6. The zero-order valence-corrected chi connectivity index (χ0v) is 18.1. The summed E-state index contributed by atoms with van der Waals surface area (Å²) in [6.45, 7) is 0. The average Bonchev–Trinajstić information content (AvgIpc) is 2.95. The quantitative estimate of drug-likeness (QED) is 0.497. The van der Waals surface area contributed by atoms with Gasteiger partial charge in [0.1, 0.15) is 5.75 Å². The Morgan fingerprint density at radius 3 is 2.32 bits per heavy atom. The number of rotatable bonds is 7. The van der Waals surface area contributed by atoms with Crippen molar-refractivity contribution in [3.63, 3.8) is 0 Å². The van der Waals surface area contributed by atoms with Gasteiger partial charge in [0.15, 0.2) is 5.82 Å². The van der Waals surface area contributed by atoms with Gasteiger partial charge in [-0.05, 0) is 36.5 Å². The van der Waals surface area contributed by atoms with Gasteiger partial charge in [0.05, 0.1) is 0 Å². The molecule has 0 unspecified atom stereocenters. The van der Waals surface area contributed by atoms with Gasteiger partial charge in [0.2, 0.25) is 5.91 Å². The third-order valence-corrected chi connectivity index (χ3v) is 6.44. The number of aryl methyl sites for hydroxylation is 1. The smallest absolute Gasteiger partial charge is 0.406 e. The zero-order valence-electron chi connectivity index (χ0n) is 18.1. The van der Waals surface area contributed by atoms with Gasteiger partial charge in [-0.15, -0.1) is 13.2 Å². The molecule has 2 aromatic rings. The highest BCUT2D eigenvalue weighted by Gasteiger charge is 2.71. The van der Waals surface area contributed by atoms with E-state index in [1.165, 1.54) is 28.9 Å². The zero-order chi connectivity index (χ0) is 24.9. The first-order chi connectivity index (χ1) is 15.8. The first kappa shape index (κ1) is 24.3. The van der Waals surface area contributed by atoms with Crippen molar-refractivity contribution in [3.8, 4) is 5.75 Å². The number of carbonyl (C=O) groups is 1. The maximum atomic E-state index is 13.6. The Balaban J connectivity index is 1.50. The van der Waals surface area contributed by atoms with Crippen LogP contribution in [0.5, 0.6) is 5.75 Å². The maximum Gasteiger partial charge on any atom is 0.573 e. The Bertz CT molecular complexity index is 1060. The number of anilines is 1. The number of nitrogens with one attached hydrogen (secondary N) is 1. The fraction of sp³-hybridized carbons (Fsp3) is 0.545. The van der Waals surface area contributed by atoms with E-state index in [1.54, 1.807) is 7.05 Å². The van der Waals surface area contributed by atoms with Crippen LogP contribution in [0.3, 0.4) is 0 Å². The molecule has 186 valence electrons. The SMILES string of the molecule is Cn1nc(NC(=O)C[C@@H]2CC(F)(F)C2(F)F)c(C2CCC2)c1Cc1ccc(OC(F)(F)F)cc1. The van der Waals surface area contributed by atoms with Crippen LogP contribution in [-0.2, 0) is 18.3 Å². The normalized spacial score (nSPS) is 21.5. The molecule has 0 saturated heterocycles. The van der Waals surface area contributed by atoms with Gasteiger partial charge in [0, 0.05) is 43.5 Å². The summed E-state index contributed by atoms with van der Waals surface area (Å²) in [7, 11) is 1.63. The summed E-state index contributed by atoms with van der Waals surface area (Å²) in [4.78, 5) is 12.4. The number of halogens is 7. The van der Waals surface area contributed by atoms with Crippen molar-refractivity contribution >= 4 is 11.7 Å². The molecular weight excluding hydrogens is 471 g/mol. The van der Waals surface area contributed by atoms with Crippen LogP contribution in [0.2, 0.25) is 0 Å². The lowest BCUT2D eigenvalue weighted by molar-refractivity contribution is -0.313. The number of nitrogens with zero attached hydrogens (tertiary/aromatic N) is 2. The second-order valence-corrected chi connectivity index (χ2v) is 8.81. The molecule has 2 fully saturated rings. The highest BCUT2D eigenvalue weighted by atomic mass is 19.4. The number of carbonyl (C=O) groups excluding carboxylic acids is 1. The molecule has 2 aliphatic carbocycles. The number of benzene rings is 1. The summed E-state index contributed by atoms with van der Waals surface area (Å²) >= 11 is 0. The van der Waals surface area contributed by atoms with Crippen molar-refractivity contribution in [2.24, 2.45) is 13.0 Å². The first-order valence-corrected chi connectivity index (χ1v) is 10.7. The van der Waals surface area contributed by atoms with Crippen LogP contribution >= 0.6 is 0 Å². The highest BCUT2D eigenvalue weighted by Crippen LogP contribution is 2.56. The van der Waals surface area contributed by atoms with E-state index in [1.807, 2.05) is 0 Å². The molecule has 4 rings (SSSR count). The third kappa shape index (κ3) is 4.72. The Kier molecular flexibility index (Phi) is 6.05. The standard InChI is InChI=1S/C22H22F7N3O2/c1-32-16(9-12-5-7-15(8-6-12)34-22(27,28)29)18(13-3-2-4-13)19(31-32)30-17(33)10-14-11-20(23,24)21(14,25)26/h5-8,13-14H,2-4,9-11H2,1H3,(H,30,31,33)/t14-/m1/s1. The van der Waals surface area contributed by atoms with E-state index in [0.717, 1.165) is 24.8 Å². The van der Waals surface area contributed by atoms with E-state index in [9.17, 15) is 35.5 Å². The minimum absolute atomic E-state index is 0.0707. The number of hydrogen-bond donors (Lipinski definition) is 1. The molecule has 0 bridgehead atoms. The summed E-state index contributed by atoms with van der Waals surface area (Å²) in [5.41, 5.74) is 2.11. The number of alkyl halides is 7. The second kappa shape index (κ2) is 8.46. The molecule has 2 saturated carbocycles. The molecule has 1 aromatic heterocycles. The lowest BCUT2D eigenvalue weighted by atomic mass is 9.74. The molecule has 1 aromatic carbocycles. The second-order valence-electron chi connectivity index (χ2n) is 8.81. The molecule has 0 radical (unpaired) electrons. The van der Waals surface area contributed by atoms with Crippen LogP contribution < -0.4 is 10.1 Å². The average molecular weight is 493 g/mol. The number of amides is 1. The Labute approximate surface area is 190 Å². The summed E-state index contributed by atoms with van der Waals surface area (Å²) in [5.74, 6) is -11.0. The van der Waals surface area contributed by atoms with Crippen LogP contribution in [0.25, 0.3) is 0 Å². The van der Waals surface area contributed by atoms with Gasteiger partial charge in [-0.3, -0.25) is 9.48 Å². The van der Waals surface area contributed by atoms with Gasteiger partial charge in [0.25, 0.3) is 0 Å². The monoisotopic (exact) mass is 493 g/mol. The Hall–Kier alpha value is -2.79. The predicted molar refractivity (Wildman–Crippen MR) is 107 cm³/mol. The van der Waals surface area contributed by atoms with Gasteiger partial charge in [-0.1, -0.05) is 18.6 Å². The van der Waals surface area contributed by atoms with Crippen LogP contribution in [0.1, 0.15) is 54.8 Å². The summed E-state index contributed by atoms with van der Waals surface area (Å²) in [6, 6.07) is 5.35. The van der Waals surface area contributed by atoms with Crippen molar-refractivity contribution in [2.45, 2.75) is 62.7 Å². The topological polar surface area (TPSA) is 56.2 Å². The summed E-state index contributed by atoms with van der Waals surface area (Å²) in [6.07, 6.45) is -3.69. The first-order valence-electron chi connectivity index (χ1n) is 10.7. The molecule has 2 aliphatic rings. The number of hydrogen-bond acceptors (Lipinski definition) is 3. The largest absolute Gasteiger partial charge is 0.573 e.